The van der Waals surface area contributed by atoms with E-state index in [0.29, 0.717) is 0 Å². The van der Waals surface area contributed by atoms with Gasteiger partial charge in [0.15, 0.2) is 5.58 Å². The highest BCUT2D eigenvalue weighted by Gasteiger charge is 2.32. The number of benzene rings is 1. The third kappa shape index (κ3) is 2.37. The van der Waals surface area contributed by atoms with E-state index in [1.54, 1.807) is 0 Å². The van der Waals surface area contributed by atoms with Crippen LogP contribution in [0.15, 0.2) is 21.5 Å². The Bertz CT molecular complexity index is 1010. The van der Waals surface area contributed by atoms with E-state index in [1.807, 2.05) is 0 Å². The van der Waals surface area contributed by atoms with Gasteiger partial charge in [-0.2, -0.15) is 0 Å². The number of nitrogens with zero attached hydrogens (tertiary/aromatic N) is 2. The van der Waals surface area contributed by atoms with E-state index < -0.39 is 23.7 Å². The van der Waals surface area contributed by atoms with E-state index in [4.69, 9.17) is 16.0 Å². The van der Waals surface area contributed by atoms with Crippen LogP contribution in [-0.4, -0.2) is 15.0 Å². The Kier molecular flexibility index (Phi) is 3.38. The van der Waals surface area contributed by atoms with Crippen LogP contribution in [0.5, 0.6) is 0 Å². The van der Waals surface area contributed by atoms with Gasteiger partial charge in [0.05, 0.1) is 17.6 Å². The van der Waals surface area contributed by atoms with Gasteiger partial charge in [-0.15, -0.1) is 0 Å². The van der Waals surface area contributed by atoms with E-state index >= 15 is 0 Å². The summed E-state index contributed by atoms with van der Waals surface area (Å²) in [4.78, 5) is 21.7. The maximum Gasteiger partial charge on any atom is 0.417 e. The molecule has 1 aliphatic rings. The first-order valence-electron chi connectivity index (χ1n) is 7.12. The molecule has 124 valence electrons. The molecule has 9 heteroatoms. The lowest BCUT2D eigenvalue weighted by molar-refractivity contribution is 0.144. The number of hydrogen-bond donors (Lipinski definition) is 1. The Balaban J connectivity index is 1.96. The second kappa shape index (κ2) is 5.34. The summed E-state index contributed by atoms with van der Waals surface area (Å²) < 4.78 is 45.5. The van der Waals surface area contributed by atoms with E-state index in [9.17, 15) is 18.0 Å². The van der Waals surface area contributed by atoms with Crippen LogP contribution >= 0.6 is 11.6 Å². The molecule has 0 aliphatic heterocycles. The zero-order chi connectivity index (χ0) is 17.0. The molecule has 1 saturated carbocycles. The lowest BCUT2D eigenvalue weighted by Gasteiger charge is -2.09. The molecule has 0 saturated heterocycles. The molecule has 0 amide bonds. The smallest absolute Gasteiger partial charge is 0.407 e. The predicted molar refractivity (Wildman–Crippen MR) is 79.8 cm³/mol. The van der Waals surface area contributed by atoms with Crippen LogP contribution in [0.25, 0.3) is 22.4 Å². The summed E-state index contributed by atoms with van der Waals surface area (Å²) in [7, 11) is 0. The largest absolute Gasteiger partial charge is 0.417 e. The molecule has 0 bridgehead atoms. The first-order valence-corrected chi connectivity index (χ1v) is 7.49. The van der Waals surface area contributed by atoms with Crippen molar-refractivity contribution < 1.29 is 17.6 Å². The molecule has 3 aromatic rings. The monoisotopic (exact) mass is 355 g/mol. The number of oxazole rings is 1. The standard InChI is InChI=1S/C15H9ClF3N3O2/c16-9-7(17)3-6(13-11(9)22-15(23)24-13)8-4-20-10(5-1-2-5)12(21-8)14(18)19/h3-5,14H,1-2H2,(H,22,23). The Morgan fingerprint density at radius 3 is 2.79 bits per heavy atom. The van der Waals surface area contributed by atoms with Gasteiger partial charge >= 0.3 is 5.76 Å². The van der Waals surface area contributed by atoms with Gasteiger partial charge in [0, 0.05) is 11.5 Å². The summed E-state index contributed by atoms with van der Waals surface area (Å²) >= 11 is 5.79. The third-order valence-corrected chi connectivity index (χ3v) is 4.24. The number of fused-ring (bicyclic) bond motifs is 1. The fraction of sp³-hybridized carbons (Fsp3) is 0.267. The molecule has 1 N–H and O–H groups in total. The van der Waals surface area contributed by atoms with Crippen LogP contribution in [0.1, 0.15) is 36.6 Å². The Hall–Kier alpha value is -2.35. The van der Waals surface area contributed by atoms with Crippen LogP contribution in [0, 0.1) is 5.82 Å². The quantitative estimate of drug-likeness (QED) is 0.764. The zero-order valence-corrected chi connectivity index (χ0v) is 12.7. The average molecular weight is 356 g/mol. The molecule has 0 spiro atoms. The van der Waals surface area contributed by atoms with Crippen molar-refractivity contribution in [3.05, 3.63) is 45.0 Å². The number of nitrogens with one attached hydrogen (secondary N) is 1. The predicted octanol–water partition coefficient (Wildman–Crippen LogP) is 4.19. The van der Waals surface area contributed by atoms with Crippen molar-refractivity contribution in [2.24, 2.45) is 0 Å². The van der Waals surface area contributed by atoms with Crippen molar-refractivity contribution in [2.45, 2.75) is 25.2 Å². The van der Waals surface area contributed by atoms with Crippen molar-refractivity contribution >= 4 is 22.7 Å². The number of alkyl halides is 2. The molecule has 2 heterocycles. The van der Waals surface area contributed by atoms with Crippen LogP contribution in [-0.2, 0) is 0 Å². The van der Waals surface area contributed by atoms with Crippen LogP contribution in [0.4, 0.5) is 13.2 Å². The molecule has 5 nitrogen and oxygen atoms in total. The summed E-state index contributed by atoms with van der Waals surface area (Å²) in [5.41, 5.74) is -0.269. The highest BCUT2D eigenvalue weighted by Crippen LogP contribution is 2.43. The van der Waals surface area contributed by atoms with Crippen molar-refractivity contribution in [3.63, 3.8) is 0 Å². The molecule has 1 aliphatic carbocycles. The van der Waals surface area contributed by atoms with Gasteiger partial charge in [0.1, 0.15) is 22.1 Å². The van der Waals surface area contributed by atoms with Gasteiger partial charge in [-0.1, -0.05) is 11.6 Å². The lowest BCUT2D eigenvalue weighted by atomic mass is 10.1. The summed E-state index contributed by atoms with van der Waals surface area (Å²) in [5.74, 6) is -1.68. The maximum atomic E-state index is 14.0. The topological polar surface area (TPSA) is 71.8 Å². The molecular weight excluding hydrogens is 347 g/mol. The summed E-state index contributed by atoms with van der Waals surface area (Å²) in [6.45, 7) is 0. The lowest BCUT2D eigenvalue weighted by Crippen LogP contribution is -2.02. The van der Waals surface area contributed by atoms with E-state index in [0.717, 1.165) is 18.9 Å². The van der Waals surface area contributed by atoms with Crippen molar-refractivity contribution in [2.75, 3.05) is 0 Å². The highest BCUT2D eigenvalue weighted by molar-refractivity contribution is 6.35. The van der Waals surface area contributed by atoms with Gasteiger partial charge in [-0.3, -0.25) is 9.97 Å². The number of aromatic nitrogens is 3. The number of H-pyrrole nitrogens is 1. The van der Waals surface area contributed by atoms with Gasteiger partial charge < -0.3 is 4.42 Å². The number of hydrogen-bond acceptors (Lipinski definition) is 4. The number of aromatic amines is 1. The number of halogens is 4. The molecular formula is C15H9ClF3N3O2. The zero-order valence-electron chi connectivity index (χ0n) is 11.9. The molecule has 1 fully saturated rings. The first kappa shape index (κ1) is 15.2. The SMILES string of the molecule is O=c1[nH]c2c(Cl)c(F)cc(-c3cnc(C4CC4)c(C(F)F)n3)c2o1. The second-order valence-corrected chi connectivity index (χ2v) is 5.92. The average Bonchev–Trinajstić information content (AvgIpc) is 3.32. The van der Waals surface area contributed by atoms with Gasteiger partial charge in [0.2, 0.25) is 0 Å². The summed E-state index contributed by atoms with van der Waals surface area (Å²) in [6.07, 6.45) is 0.0497. The Labute approximate surface area is 137 Å². The van der Waals surface area contributed by atoms with Crippen molar-refractivity contribution in [1.82, 2.24) is 15.0 Å². The Morgan fingerprint density at radius 1 is 1.38 bits per heavy atom. The molecule has 0 atom stereocenters. The van der Waals surface area contributed by atoms with Crippen LogP contribution < -0.4 is 5.76 Å². The minimum atomic E-state index is -2.81. The second-order valence-electron chi connectivity index (χ2n) is 5.54. The molecule has 4 rings (SSSR count). The van der Waals surface area contributed by atoms with Crippen LogP contribution in [0.3, 0.4) is 0 Å². The minimum Gasteiger partial charge on any atom is -0.407 e. The van der Waals surface area contributed by atoms with Gasteiger partial charge in [0.25, 0.3) is 6.43 Å². The summed E-state index contributed by atoms with van der Waals surface area (Å²) in [6, 6.07) is 0.984. The van der Waals surface area contributed by atoms with E-state index in [2.05, 4.69) is 15.0 Å². The minimum absolute atomic E-state index is 0.0114. The third-order valence-electron chi connectivity index (χ3n) is 3.87. The van der Waals surface area contributed by atoms with Crippen LogP contribution in [0.2, 0.25) is 5.02 Å². The Morgan fingerprint density at radius 2 is 2.12 bits per heavy atom. The van der Waals surface area contributed by atoms with Gasteiger partial charge in [-0.25, -0.2) is 22.9 Å². The van der Waals surface area contributed by atoms with Crippen molar-refractivity contribution in [1.29, 1.82) is 0 Å². The summed E-state index contributed by atoms with van der Waals surface area (Å²) in [5, 5.41) is -0.323. The molecule has 2 aromatic heterocycles. The normalized spacial score (nSPS) is 14.7. The molecule has 0 unspecified atom stereocenters. The highest BCUT2D eigenvalue weighted by atomic mass is 35.5. The van der Waals surface area contributed by atoms with Gasteiger partial charge in [-0.05, 0) is 18.9 Å². The van der Waals surface area contributed by atoms with E-state index in [-0.39, 0.29) is 39.0 Å². The first-order chi connectivity index (χ1) is 11.5. The van der Waals surface area contributed by atoms with E-state index in [1.165, 1.54) is 6.20 Å². The fourth-order valence-corrected chi connectivity index (χ4v) is 2.80. The number of rotatable bonds is 3. The van der Waals surface area contributed by atoms with Crippen molar-refractivity contribution in [3.8, 4) is 11.3 Å². The molecule has 1 aromatic carbocycles. The maximum absolute atomic E-state index is 14.0. The molecule has 24 heavy (non-hydrogen) atoms. The molecule has 0 radical (unpaired) electrons. The fourth-order valence-electron chi connectivity index (χ4n) is 2.61.